The van der Waals surface area contributed by atoms with Crippen LogP contribution in [0.1, 0.15) is 24.0 Å². The Labute approximate surface area is 89.6 Å². The highest BCUT2D eigenvalue weighted by Gasteiger charge is 2.17. The quantitative estimate of drug-likeness (QED) is 0.666. The normalized spacial score (nSPS) is 22.9. The van der Waals surface area contributed by atoms with Crippen LogP contribution in [0.25, 0.3) is 0 Å². The second kappa shape index (κ2) is 3.89. The number of halogens is 1. The van der Waals surface area contributed by atoms with Crippen molar-refractivity contribution in [2.45, 2.75) is 19.3 Å². The standard InChI is InChI=1S/C11H15ClN2/c1-8-7-14(13)5-4-9-2-3-10(12)6-11(8)9/h2-3,6,8H,4-5,7,13H2,1H3. The van der Waals surface area contributed by atoms with E-state index in [2.05, 4.69) is 19.1 Å². The highest BCUT2D eigenvalue weighted by molar-refractivity contribution is 6.30. The summed E-state index contributed by atoms with van der Waals surface area (Å²) in [5, 5.41) is 2.71. The van der Waals surface area contributed by atoms with Crippen LogP contribution in [0.4, 0.5) is 0 Å². The Kier molecular flexibility index (Phi) is 2.77. The van der Waals surface area contributed by atoms with Crippen LogP contribution >= 0.6 is 11.6 Å². The third-order valence-electron chi connectivity index (χ3n) is 2.82. The number of rotatable bonds is 0. The van der Waals surface area contributed by atoms with Crippen molar-refractivity contribution in [2.75, 3.05) is 13.1 Å². The van der Waals surface area contributed by atoms with Gasteiger partial charge in [0.25, 0.3) is 0 Å². The molecule has 0 aliphatic carbocycles. The molecule has 2 rings (SSSR count). The van der Waals surface area contributed by atoms with Gasteiger partial charge in [-0.25, -0.2) is 5.01 Å². The van der Waals surface area contributed by atoms with E-state index in [0.29, 0.717) is 5.92 Å². The molecule has 0 radical (unpaired) electrons. The highest BCUT2D eigenvalue weighted by atomic mass is 35.5. The van der Waals surface area contributed by atoms with E-state index in [0.717, 1.165) is 24.5 Å². The summed E-state index contributed by atoms with van der Waals surface area (Å²) in [4.78, 5) is 0. The minimum absolute atomic E-state index is 0.469. The van der Waals surface area contributed by atoms with Gasteiger partial charge in [-0.3, -0.25) is 5.84 Å². The Bertz CT molecular complexity index is 338. The zero-order valence-electron chi connectivity index (χ0n) is 8.33. The lowest BCUT2D eigenvalue weighted by molar-refractivity contribution is 0.281. The Morgan fingerprint density at radius 3 is 3.07 bits per heavy atom. The summed E-state index contributed by atoms with van der Waals surface area (Å²) in [6, 6.07) is 6.15. The molecule has 1 aromatic carbocycles. The number of hydrogen-bond donors (Lipinski definition) is 1. The second-order valence-electron chi connectivity index (χ2n) is 3.99. The maximum absolute atomic E-state index is 5.99. The van der Waals surface area contributed by atoms with E-state index in [1.165, 1.54) is 11.1 Å². The molecule has 2 N–H and O–H groups in total. The van der Waals surface area contributed by atoms with Gasteiger partial charge < -0.3 is 0 Å². The minimum atomic E-state index is 0.469. The summed E-state index contributed by atoms with van der Waals surface area (Å²) in [6.07, 6.45) is 1.02. The number of fused-ring (bicyclic) bond motifs is 1. The molecule has 1 aliphatic rings. The molecule has 14 heavy (non-hydrogen) atoms. The first-order chi connectivity index (χ1) is 6.66. The lowest BCUT2D eigenvalue weighted by Gasteiger charge is -2.16. The summed E-state index contributed by atoms with van der Waals surface area (Å²) < 4.78 is 0. The zero-order valence-corrected chi connectivity index (χ0v) is 9.09. The van der Waals surface area contributed by atoms with Crippen molar-refractivity contribution in [1.29, 1.82) is 0 Å². The lowest BCUT2D eigenvalue weighted by Crippen LogP contribution is -2.34. The number of benzene rings is 1. The Hall–Kier alpha value is -0.570. The van der Waals surface area contributed by atoms with Gasteiger partial charge in [-0.1, -0.05) is 24.6 Å². The molecular formula is C11H15ClN2. The van der Waals surface area contributed by atoms with Crippen molar-refractivity contribution >= 4 is 11.6 Å². The third kappa shape index (κ3) is 1.92. The predicted molar refractivity (Wildman–Crippen MR) is 59.3 cm³/mol. The average molecular weight is 211 g/mol. The number of nitrogens with two attached hydrogens (primary N) is 1. The van der Waals surface area contributed by atoms with Crippen molar-refractivity contribution in [1.82, 2.24) is 5.01 Å². The maximum Gasteiger partial charge on any atom is 0.0409 e. The third-order valence-corrected chi connectivity index (χ3v) is 3.05. The van der Waals surface area contributed by atoms with Crippen LogP contribution in [0, 0.1) is 0 Å². The fraction of sp³-hybridized carbons (Fsp3) is 0.455. The maximum atomic E-state index is 5.99. The van der Waals surface area contributed by atoms with E-state index in [9.17, 15) is 0 Å². The van der Waals surface area contributed by atoms with Crippen molar-refractivity contribution in [3.05, 3.63) is 34.3 Å². The SMILES string of the molecule is CC1CN(N)CCc2ccc(Cl)cc21. The van der Waals surface area contributed by atoms with Crippen LogP contribution < -0.4 is 5.84 Å². The predicted octanol–water partition coefficient (Wildman–Crippen LogP) is 2.18. The smallest absolute Gasteiger partial charge is 0.0409 e. The summed E-state index contributed by atoms with van der Waals surface area (Å²) in [5.74, 6) is 6.31. The summed E-state index contributed by atoms with van der Waals surface area (Å²) >= 11 is 5.99. The number of nitrogens with zero attached hydrogens (tertiary/aromatic N) is 1. The van der Waals surface area contributed by atoms with Gasteiger partial charge in [0, 0.05) is 18.1 Å². The molecule has 0 amide bonds. The average Bonchev–Trinajstić information content (AvgIpc) is 2.27. The fourth-order valence-corrected chi connectivity index (χ4v) is 2.24. The molecule has 0 saturated heterocycles. The Morgan fingerprint density at radius 1 is 1.50 bits per heavy atom. The van der Waals surface area contributed by atoms with E-state index in [-0.39, 0.29) is 0 Å². The molecule has 0 bridgehead atoms. The van der Waals surface area contributed by atoms with Crippen molar-refractivity contribution in [3.63, 3.8) is 0 Å². The molecule has 76 valence electrons. The number of hydrogen-bond acceptors (Lipinski definition) is 2. The Morgan fingerprint density at radius 2 is 2.29 bits per heavy atom. The first-order valence-corrected chi connectivity index (χ1v) is 5.32. The van der Waals surface area contributed by atoms with Crippen molar-refractivity contribution in [3.8, 4) is 0 Å². The molecule has 1 aliphatic heterocycles. The van der Waals surface area contributed by atoms with Crippen molar-refractivity contribution < 1.29 is 0 Å². The minimum Gasteiger partial charge on any atom is -0.269 e. The largest absolute Gasteiger partial charge is 0.269 e. The molecule has 0 spiro atoms. The molecule has 1 heterocycles. The second-order valence-corrected chi connectivity index (χ2v) is 4.43. The van der Waals surface area contributed by atoms with Crippen LogP contribution in [-0.4, -0.2) is 18.1 Å². The van der Waals surface area contributed by atoms with Crippen LogP contribution in [0.5, 0.6) is 0 Å². The van der Waals surface area contributed by atoms with Crippen LogP contribution in [0.15, 0.2) is 18.2 Å². The molecule has 0 fully saturated rings. The molecular weight excluding hydrogens is 196 g/mol. The zero-order chi connectivity index (χ0) is 10.1. The van der Waals surface area contributed by atoms with Gasteiger partial charge in [0.15, 0.2) is 0 Å². The van der Waals surface area contributed by atoms with Gasteiger partial charge in [-0.2, -0.15) is 0 Å². The number of hydrazine groups is 1. The van der Waals surface area contributed by atoms with Gasteiger partial charge >= 0.3 is 0 Å². The van der Waals surface area contributed by atoms with E-state index in [4.69, 9.17) is 17.4 Å². The van der Waals surface area contributed by atoms with Gasteiger partial charge in [0.05, 0.1) is 0 Å². The first-order valence-electron chi connectivity index (χ1n) is 4.95. The van der Waals surface area contributed by atoms with E-state index >= 15 is 0 Å². The molecule has 1 unspecified atom stereocenters. The van der Waals surface area contributed by atoms with Crippen LogP contribution in [0.3, 0.4) is 0 Å². The molecule has 2 nitrogen and oxygen atoms in total. The van der Waals surface area contributed by atoms with E-state index in [1.807, 2.05) is 11.1 Å². The fourth-order valence-electron chi connectivity index (χ4n) is 2.06. The first kappa shape index (κ1) is 9.97. The van der Waals surface area contributed by atoms with Gasteiger partial charge in [-0.15, -0.1) is 0 Å². The topological polar surface area (TPSA) is 29.3 Å². The van der Waals surface area contributed by atoms with Gasteiger partial charge in [0.2, 0.25) is 0 Å². The monoisotopic (exact) mass is 210 g/mol. The van der Waals surface area contributed by atoms with E-state index in [1.54, 1.807) is 0 Å². The summed E-state index contributed by atoms with van der Waals surface area (Å²) in [7, 11) is 0. The highest BCUT2D eigenvalue weighted by Crippen LogP contribution is 2.26. The van der Waals surface area contributed by atoms with Crippen LogP contribution in [-0.2, 0) is 6.42 Å². The van der Waals surface area contributed by atoms with Gasteiger partial charge in [0.1, 0.15) is 0 Å². The lowest BCUT2D eigenvalue weighted by atomic mass is 9.95. The van der Waals surface area contributed by atoms with Crippen molar-refractivity contribution in [2.24, 2.45) is 5.84 Å². The Balaban J connectivity index is 2.39. The summed E-state index contributed by atoms with van der Waals surface area (Å²) in [5.41, 5.74) is 2.74. The summed E-state index contributed by atoms with van der Waals surface area (Å²) in [6.45, 7) is 4.03. The molecule has 1 aromatic rings. The molecule has 1 atom stereocenters. The van der Waals surface area contributed by atoms with Crippen LogP contribution in [0.2, 0.25) is 5.02 Å². The van der Waals surface area contributed by atoms with Gasteiger partial charge in [-0.05, 0) is 35.6 Å². The molecule has 3 heteroatoms. The van der Waals surface area contributed by atoms with E-state index < -0.39 is 0 Å². The molecule has 0 aromatic heterocycles. The molecule has 0 saturated carbocycles.